The van der Waals surface area contributed by atoms with Gasteiger partial charge in [-0.3, -0.25) is 0 Å². The van der Waals surface area contributed by atoms with Crippen LogP contribution in [0.4, 0.5) is 0 Å². The van der Waals surface area contributed by atoms with E-state index in [1.165, 1.54) is 24.5 Å². The zero-order chi connectivity index (χ0) is 9.03. The minimum Gasteiger partial charge on any atom is -0.225 e. The van der Waals surface area contributed by atoms with E-state index in [2.05, 4.69) is 6.08 Å². The van der Waals surface area contributed by atoms with Crippen LogP contribution in [0.2, 0.25) is 0 Å². The first-order valence-corrected chi connectivity index (χ1v) is 6.10. The van der Waals surface area contributed by atoms with Crippen LogP contribution in [-0.4, -0.2) is 14.7 Å². The lowest BCUT2D eigenvalue weighted by atomic mass is 10.0. The summed E-state index contributed by atoms with van der Waals surface area (Å²) in [7, 11) is -2.94. The lowest BCUT2D eigenvalue weighted by molar-refractivity contribution is 0.610. The van der Waals surface area contributed by atoms with Crippen molar-refractivity contribution in [2.75, 3.05) is 6.26 Å². The Bertz CT molecular complexity index is 296. The second-order valence-electron chi connectivity index (χ2n) is 3.16. The maximum atomic E-state index is 10.8. The molecule has 1 aliphatic rings. The monoisotopic (exact) mass is 186 g/mol. The molecule has 0 aromatic heterocycles. The first-order valence-electron chi connectivity index (χ1n) is 4.15. The van der Waals surface area contributed by atoms with Gasteiger partial charge in [-0.25, -0.2) is 8.42 Å². The van der Waals surface area contributed by atoms with Crippen molar-refractivity contribution >= 4 is 9.84 Å². The minimum absolute atomic E-state index is 1.02. The van der Waals surface area contributed by atoms with Crippen LogP contribution in [0.1, 0.15) is 25.7 Å². The van der Waals surface area contributed by atoms with Gasteiger partial charge in [0.15, 0.2) is 9.84 Å². The van der Waals surface area contributed by atoms with Gasteiger partial charge in [0.05, 0.1) is 0 Å². The molecule has 0 N–H and O–H groups in total. The Hall–Kier alpha value is -0.570. The molecule has 0 aromatic carbocycles. The molecular weight excluding hydrogens is 172 g/mol. The van der Waals surface area contributed by atoms with Crippen molar-refractivity contribution in [1.82, 2.24) is 0 Å². The normalized spacial score (nSPS) is 19.6. The molecule has 0 heterocycles. The number of sulfone groups is 1. The Morgan fingerprint density at radius 2 is 2.17 bits per heavy atom. The van der Waals surface area contributed by atoms with E-state index in [0.717, 1.165) is 18.4 Å². The number of hydrogen-bond donors (Lipinski definition) is 0. The molecule has 0 amide bonds. The van der Waals surface area contributed by atoms with Gasteiger partial charge in [0, 0.05) is 11.7 Å². The van der Waals surface area contributed by atoms with Crippen LogP contribution in [0, 0.1) is 0 Å². The van der Waals surface area contributed by atoms with E-state index in [-0.39, 0.29) is 0 Å². The van der Waals surface area contributed by atoms with Crippen LogP contribution < -0.4 is 0 Å². The highest BCUT2D eigenvalue weighted by Gasteiger charge is 2.00. The highest BCUT2D eigenvalue weighted by molar-refractivity contribution is 7.93. The van der Waals surface area contributed by atoms with Gasteiger partial charge in [-0.2, -0.15) is 0 Å². The topological polar surface area (TPSA) is 34.1 Å². The Balaban J connectivity index is 2.62. The number of rotatable bonds is 2. The largest absolute Gasteiger partial charge is 0.225 e. The summed E-state index contributed by atoms with van der Waals surface area (Å²) in [5, 5.41) is 1.28. The third-order valence-corrected chi connectivity index (χ3v) is 2.49. The molecule has 0 aliphatic heterocycles. The van der Waals surface area contributed by atoms with Gasteiger partial charge < -0.3 is 0 Å². The van der Waals surface area contributed by atoms with Crippen molar-refractivity contribution in [2.45, 2.75) is 25.7 Å². The van der Waals surface area contributed by atoms with Crippen molar-refractivity contribution in [2.24, 2.45) is 0 Å². The van der Waals surface area contributed by atoms with Crippen LogP contribution in [0.5, 0.6) is 0 Å². The molecule has 0 saturated carbocycles. The molecule has 0 bridgehead atoms. The molecule has 68 valence electrons. The van der Waals surface area contributed by atoms with Crippen molar-refractivity contribution in [1.29, 1.82) is 0 Å². The van der Waals surface area contributed by atoms with Gasteiger partial charge in [-0.15, -0.1) is 0 Å². The third-order valence-electron chi connectivity index (χ3n) is 1.86. The predicted molar refractivity (Wildman–Crippen MR) is 50.5 cm³/mol. The number of hydrogen-bond acceptors (Lipinski definition) is 2. The van der Waals surface area contributed by atoms with Crippen LogP contribution in [0.15, 0.2) is 23.1 Å². The van der Waals surface area contributed by atoms with Crippen molar-refractivity contribution < 1.29 is 8.42 Å². The summed E-state index contributed by atoms with van der Waals surface area (Å²) in [6.07, 6.45) is 9.57. The number of allylic oxidation sites excluding steroid dienone is 3. The van der Waals surface area contributed by atoms with E-state index in [9.17, 15) is 8.42 Å². The van der Waals surface area contributed by atoms with Crippen molar-refractivity contribution in [3.8, 4) is 0 Å². The van der Waals surface area contributed by atoms with Gasteiger partial charge in [-0.05, 0) is 31.8 Å². The first kappa shape index (κ1) is 9.52. The minimum atomic E-state index is -2.94. The molecule has 0 spiro atoms. The second-order valence-corrected chi connectivity index (χ2v) is 5.09. The van der Waals surface area contributed by atoms with Gasteiger partial charge in [0.25, 0.3) is 0 Å². The van der Waals surface area contributed by atoms with Crippen LogP contribution >= 0.6 is 0 Å². The van der Waals surface area contributed by atoms with Crippen LogP contribution in [0.25, 0.3) is 0 Å². The second kappa shape index (κ2) is 3.90. The van der Waals surface area contributed by atoms with E-state index >= 15 is 0 Å². The summed E-state index contributed by atoms with van der Waals surface area (Å²) in [4.78, 5) is 0. The van der Waals surface area contributed by atoms with E-state index in [1.807, 2.05) is 0 Å². The average Bonchev–Trinajstić information content (AvgIpc) is 2.02. The molecule has 0 radical (unpaired) electrons. The molecule has 1 aliphatic carbocycles. The zero-order valence-electron chi connectivity index (χ0n) is 7.29. The lowest BCUT2D eigenvalue weighted by Gasteiger charge is -2.07. The molecule has 3 heteroatoms. The van der Waals surface area contributed by atoms with E-state index in [1.54, 1.807) is 6.08 Å². The molecule has 0 unspecified atom stereocenters. The maximum absolute atomic E-state index is 10.8. The van der Waals surface area contributed by atoms with E-state index in [4.69, 9.17) is 0 Å². The summed E-state index contributed by atoms with van der Waals surface area (Å²) >= 11 is 0. The molecule has 0 atom stereocenters. The summed E-state index contributed by atoms with van der Waals surface area (Å²) in [5.41, 5.74) is 1.16. The Morgan fingerprint density at radius 3 is 2.67 bits per heavy atom. The summed E-state index contributed by atoms with van der Waals surface area (Å²) < 4.78 is 21.5. The molecule has 2 nitrogen and oxygen atoms in total. The van der Waals surface area contributed by atoms with E-state index < -0.39 is 9.84 Å². The molecule has 0 aromatic rings. The fraction of sp³-hybridized carbons (Fsp3) is 0.556. The standard InChI is InChI=1S/C9H14O2S/c1-12(10,11)8-7-9-5-3-2-4-6-9/h5,7-8H,2-4,6H2,1H3/b8-7+. The molecular formula is C9H14O2S. The molecule has 1 rings (SSSR count). The average molecular weight is 186 g/mol. The maximum Gasteiger partial charge on any atom is 0.168 e. The van der Waals surface area contributed by atoms with Gasteiger partial charge in [-0.1, -0.05) is 11.6 Å². The summed E-state index contributed by atoms with van der Waals surface area (Å²) in [6.45, 7) is 0. The quantitative estimate of drug-likeness (QED) is 0.661. The van der Waals surface area contributed by atoms with Crippen molar-refractivity contribution in [3.63, 3.8) is 0 Å². The zero-order valence-corrected chi connectivity index (χ0v) is 8.10. The SMILES string of the molecule is CS(=O)(=O)/C=C/C1=CCCCC1. The predicted octanol–water partition coefficient (Wildman–Crippen LogP) is 2.05. The third kappa shape index (κ3) is 3.72. The van der Waals surface area contributed by atoms with Gasteiger partial charge >= 0.3 is 0 Å². The first-order chi connectivity index (χ1) is 5.58. The lowest BCUT2D eigenvalue weighted by Crippen LogP contribution is -1.92. The molecule has 12 heavy (non-hydrogen) atoms. The Morgan fingerprint density at radius 1 is 1.42 bits per heavy atom. The summed E-state index contributed by atoms with van der Waals surface area (Å²) in [5.74, 6) is 0. The fourth-order valence-corrected chi connectivity index (χ4v) is 1.65. The van der Waals surface area contributed by atoms with Gasteiger partial charge in [0.1, 0.15) is 0 Å². The van der Waals surface area contributed by atoms with Crippen molar-refractivity contribution in [3.05, 3.63) is 23.1 Å². The molecule has 0 fully saturated rings. The van der Waals surface area contributed by atoms with Crippen LogP contribution in [-0.2, 0) is 9.84 Å². The Kier molecular flexibility index (Phi) is 3.09. The summed E-state index contributed by atoms with van der Waals surface area (Å²) in [6, 6.07) is 0. The fourth-order valence-electron chi connectivity index (χ4n) is 1.23. The smallest absolute Gasteiger partial charge is 0.168 e. The Labute approximate surface area is 73.9 Å². The highest BCUT2D eigenvalue weighted by atomic mass is 32.2. The van der Waals surface area contributed by atoms with Crippen LogP contribution in [0.3, 0.4) is 0 Å². The van der Waals surface area contributed by atoms with E-state index in [0.29, 0.717) is 0 Å². The molecule has 0 saturated heterocycles. The van der Waals surface area contributed by atoms with Gasteiger partial charge in [0.2, 0.25) is 0 Å². The highest BCUT2D eigenvalue weighted by Crippen LogP contribution is 2.18.